The van der Waals surface area contributed by atoms with Gasteiger partial charge in [0.05, 0.1) is 5.71 Å². The fraction of sp³-hybridized carbons (Fsp3) is 0.211. The molecule has 0 aliphatic carbocycles. The number of hydrazone groups is 1. The number of nitrogens with one attached hydrogen (secondary N) is 2. The quantitative estimate of drug-likeness (QED) is 0.596. The maximum atomic E-state index is 12.2. The summed E-state index contributed by atoms with van der Waals surface area (Å²) in [5.41, 5.74) is 4.59. The standard InChI is InChI=1S/C19H18F3N3O2/c1-13(24-25-17(26)12-7-14-5-3-2-4-6-14)15-8-10-16(11-9-15)23-18(27)19(20,21)22/h2-6,8-11H,7,12H2,1H3,(H,23,27)(H,25,26)/b24-13-. The van der Waals surface area contributed by atoms with Gasteiger partial charge in [0.1, 0.15) is 0 Å². The average Bonchev–Trinajstić information content (AvgIpc) is 2.65. The molecule has 0 bridgehead atoms. The lowest BCUT2D eigenvalue weighted by molar-refractivity contribution is -0.167. The number of carbonyl (C=O) groups is 2. The molecule has 0 radical (unpaired) electrons. The normalized spacial score (nSPS) is 11.8. The van der Waals surface area contributed by atoms with E-state index < -0.39 is 12.1 Å². The number of aryl methyl sites for hydroxylation is 1. The van der Waals surface area contributed by atoms with E-state index in [0.29, 0.717) is 17.7 Å². The van der Waals surface area contributed by atoms with Crippen molar-refractivity contribution in [2.45, 2.75) is 25.9 Å². The van der Waals surface area contributed by atoms with Crippen LogP contribution in [0.3, 0.4) is 0 Å². The number of carbonyl (C=O) groups excluding carboxylic acids is 2. The number of hydrogen-bond donors (Lipinski definition) is 2. The van der Waals surface area contributed by atoms with E-state index in [1.165, 1.54) is 24.3 Å². The van der Waals surface area contributed by atoms with E-state index in [4.69, 9.17) is 0 Å². The van der Waals surface area contributed by atoms with E-state index in [9.17, 15) is 22.8 Å². The molecule has 0 spiro atoms. The first-order valence-corrected chi connectivity index (χ1v) is 8.11. The van der Waals surface area contributed by atoms with Gasteiger partial charge in [-0.3, -0.25) is 9.59 Å². The molecule has 0 aromatic heterocycles. The third-order valence-electron chi connectivity index (χ3n) is 3.65. The second kappa shape index (κ2) is 8.98. The molecular weight excluding hydrogens is 359 g/mol. The highest BCUT2D eigenvalue weighted by Crippen LogP contribution is 2.18. The molecule has 0 unspecified atom stereocenters. The number of amides is 2. The topological polar surface area (TPSA) is 70.6 Å². The van der Waals surface area contributed by atoms with E-state index in [-0.39, 0.29) is 18.0 Å². The molecule has 5 nitrogen and oxygen atoms in total. The molecule has 2 aromatic rings. The zero-order valence-electron chi connectivity index (χ0n) is 14.5. The predicted molar refractivity (Wildman–Crippen MR) is 96.2 cm³/mol. The monoisotopic (exact) mass is 377 g/mol. The highest BCUT2D eigenvalue weighted by molar-refractivity contribution is 6.00. The molecule has 8 heteroatoms. The van der Waals surface area contributed by atoms with Crippen molar-refractivity contribution >= 4 is 23.2 Å². The van der Waals surface area contributed by atoms with Gasteiger partial charge in [0.25, 0.3) is 0 Å². The Hall–Kier alpha value is -3.16. The zero-order valence-corrected chi connectivity index (χ0v) is 14.5. The number of alkyl halides is 3. The summed E-state index contributed by atoms with van der Waals surface area (Å²) in [6.07, 6.45) is -4.07. The Morgan fingerprint density at radius 2 is 1.63 bits per heavy atom. The minimum absolute atomic E-state index is 0.0146. The minimum Gasteiger partial charge on any atom is -0.318 e. The summed E-state index contributed by atoms with van der Waals surface area (Å²) in [6, 6.07) is 15.2. The Morgan fingerprint density at radius 3 is 2.22 bits per heavy atom. The van der Waals surface area contributed by atoms with Crippen LogP contribution in [-0.2, 0) is 16.0 Å². The predicted octanol–water partition coefficient (Wildman–Crippen LogP) is 3.66. The summed E-state index contributed by atoms with van der Waals surface area (Å²) in [7, 11) is 0. The van der Waals surface area contributed by atoms with Crippen LogP contribution in [0.15, 0.2) is 59.7 Å². The lowest BCUT2D eigenvalue weighted by Crippen LogP contribution is -2.29. The molecule has 0 heterocycles. The fourth-order valence-electron chi connectivity index (χ4n) is 2.17. The van der Waals surface area contributed by atoms with Crippen molar-refractivity contribution in [3.63, 3.8) is 0 Å². The van der Waals surface area contributed by atoms with Gasteiger partial charge in [-0.15, -0.1) is 0 Å². The van der Waals surface area contributed by atoms with Crippen molar-refractivity contribution in [3.8, 4) is 0 Å². The number of hydrogen-bond acceptors (Lipinski definition) is 3. The van der Waals surface area contributed by atoms with Crippen LogP contribution in [0, 0.1) is 0 Å². The molecular formula is C19H18F3N3O2. The Morgan fingerprint density at radius 1 is 1.00 bits per heavy atom. The first-order chi connectivity index (χ1) is 12.8. The molecule has 2 rings (SSSR count). The lowest BCUT2D eigenvalue weighted by Gasteiger charge is -2.08. The molecule has 27 heavy (non-hydrogen) atoms. The Bertz CT molecular complexity index is 816. The van der Waals surface area contributed by atoms with Crippen LogP contribution < -0.4 is 10.7 Å². The van der Waals surface area contributed by atoms with Gasteiger partial charge < -0.3 is 5.32 Å². The van der Waals surface area contributed by atoms with E-state index >= 15 is 0 Å². The summed E-state index contributed by atoms with van der Waals surface area (Å²) in [5, 5.41) is 5.74. The highest BCUT2D eigenvalue weighted by atomic mass is 19.4. The van der Waals surface area contributed by atoms with Crippen molar-refractivity contribution < 1.29 is 22.8 Å². The second-order valence-electron chi connectivity index (χ2n) is 5.75. The van der Waals surface area contributed by atoms with Crippen molar-refractivity contribution in [1.29, 1.82) is 0 Å². The van der Waals surface area contributed by atoms with Crippen LogP contribution >= 0.6 is 0 Å². The summed E-state index contributed by atoms with van der Waals surface area (Å²) < 4.78 is 36.7. The van der Waals surface area contributed by atoms with Crippen LogP contribution in [0.25, 0.3) is 0 Å². The summed E-state index contributed by atoms with van der Waals surface area (Å²) in [6.45, 7) is 1.65. The van der Waals surface area contributed by atoms with E-state index in [2.05, 4.69) is 10.5 Å². The van der Waals surface area contributed by atoms with E-state index in [1.807, 2.05) is 30.3 Å². The molecule has 0 saturated heterocycles. The molecule has 2 amide bonds. The average molecular weight is 377 g/mol. The number of rotatable bonds is 6. The SMILES string of the molecule is C/C(=N/NC(=O)CCc1ccccc1)c1ccc(NC(=O)C(F)(F)F)cc1. The van der Waals surface area contributed by atoms with Gasteiger partial charge in [0.2, 0.25) is 5.91 Å². The molecule has 0 aliphatic heterocycles. The zero-order chi connectivity index (χ0) is 19.9. The second-order valence-corrected chi connectivity index (χ2v) is 5.75. The number of benzene rings is 2. The van der Waals surface area contributed by atoms with Crippen molar-refractivity contribution in [2.24, 2.45) is 5.10 Å². The fourth-order valence-corrected chi connectivity index (χ4v) is 2.17. The third kappa shape index (κ3) is 6.58. The molecule has 2 aromatic carbocycles. The highest BCUT2D eigenvalue weighted by Gasteiger charge is 2.38. The van der Waals surface area contributed by atoms with Crippen molar-refractivity contribution in [2.75, 3.05) is 5.32 Å². The molecule has 0 aliphatic rings. The Labute approximate surface area is 154 Å². The number of halogens is 3. The van der Waals surface area contributed by atoms with E-state index in [1.54, 1.807) is 12.2 Å². The lowest BCUT2D eigenvalue weighted by atomic mass is 10.1. The Balaban J connectivity index is 1.88. The number of nitrogens with zero attached hydrogens (tertiary/aromatic N) is 1. The first-order valence-electron chi connectivity index (χ1n) is 8.11. The summed E-state index contributed by atoms with van der Waals surface area (Å²) >= 11 is 0. The molecule has 0 atom stereocenters. The summed E-state index contributed by atoms with van der Waals surface area (Å²) in [4.78, 5) is 22.7. The Kier molecular flexibility index (Phi) is 6.70. The van der Waals surface area contributed by atoms with Crippen LogP contribution in [-0.4, -0.2) is 23.7 Å². The van der Waals surface area contributed by atoms with E-state index in [0.717, 1.165) is 5.56 Å². The molecule has 2 N–H and O–H groups in total. The largest absolute Gasteiger partial charge is 0.471 e. The van der Waals surface area contributed by atoms with Gasteiger partial charge in [-0.05, 0) is 36.6 Å². The van der Waals surface area contributed by atoms with Gasteiger partial charge in [-0.1, -0.05) is 42.5 Å². The van der Waals surface area contributed by atoms with Gasteiger partial charge in [-0.25, -0.2) is 5.43 Å². The number of anilines is 1. The van der Waals surface area contributed by atoms with Crippen molar-refractivity contribution in [3.05, 3.63) is 65.7 Å². The molecule has 142 valence electrons. The van der Waals surface area contributed by atoms with Crippen LogP contribution in [0.5, 0.6) is 0 Å². The molecule has 0 saturated carbocycles. The van der Waals surface area contributed by atoms with Gasteiger partial charge in [0.15, 0.2) is 0 Å². The van der Waals surface area contributed by atoms with Gasteiger partial charge >= 0.3 is 12.1 Å². The van der Waals surface area contributed by atoms with Crippen LogP contribution in [0.1, 0.15) is 24.5 Å². The smallest absolute Gasteiger partial charge is 0.318 e. The maximum Gasteiger partial charge on any atom is 0.471 e. The van der Waals surface area contributed by atoms with Crippen molar-refractivity contribution in [1.82, 2.24) is 5.43 Å². The van der Waals surface area contributed by atoms with Crippen LogP contribution in [0.2, 0.25) is 0 Å². The van der Waals surface area contributed by atoms with Gasteiger partial charge in [-0.2, -0.15) is 18.3 Å². The summed E-state index contributed by atoms with van der Waals surface area (Å²) in [5.74, 6) is -2.28. The minimum atomic E-state index is -4.94. The first kappa shape index (κ1) is 20.2. The third-order valence-corrected chi connectivity index (χ3v) is 3.65. The van der Waals surface area contributed by atoms with Gasteiger partial charge in [0, 0.05) is 12.1 Å². The van der Waals surface area contributed by atoms with Crippen LogP contribution in [0.4, 0.5) is 18.9 Å². The molecule has 0 fully saturated rings. The maximum absolute atomic E-state index is 12.2.